The molecule has 0 amide bonds. The van der Waals surface area contributed by atoms with Crippen LogP contribution in [0.4, 0.5) is 17.1 Å². The van der Waals surface area contributed by atoms with Crippen LogP contribution in [0, 0.1) is 0 Å². The maximum Gasteiger partial charge on any atom is 0.326 e. The number of anilines is 3. The molecule has 0 spiro atoms. The SMILES string of the molecule is CC1(C)c2ccccc2N(c2ccccc2Oc2nc(-c3ccccc3)nc(-c3ccccc3)n2)c2ccc(S(=O)(=O)O)cc21. The summed E-state index contributed by atoms with van der Waals surface area (Å²) in [5, 5.41) is 0. The van der Waals surface area contributed by atoms with Crippen LogP contribution in [0.1, 0.15) is 25.0 Å². The fourth-order valence-corrected chi connectivity index (χ4v) is 6.27. The molecule has 2 heterocycles. The first-order valence-corrected chi connectivity index (χ1v) is 15.8. The standard InChI is InChI=1S/C36H28N4O4S/c1-36(2)27-17-9-10-18-29(27)40(30-22-21-26(23-28(30)36)45(41,42)43)31-19-11-12-20-32(31)44-35-38-33(24-13-5-3-6-14-24)37-34(39-35)25-15-7-4-8-16-25/h3-23H,1-2H3,(H,41,42,43). The second-order valence-corrected chi connectivity index (χ2v) is 12.6. The molecule has 6 aromatic rings. The number of hydrogen-bond acceptors (Lipinski definition) is 7. The highest BCUT2D eigenvalue weighted by Gasteiger charge is 2.38. The van der Waals surface area contributed by atoms with Gasteiger partial charge in [0.25, 0.3) is 10.1 Å². The average molecular weight is 613 g/mol. The third-order valence-corrected chi connectivity index (χ3v) is 8.83. The lowest BCUT2D eigenvalue weighted by Crippen LogP contribution is -2.31. The predicted molar refractivity (Wildman–Crippen MR) is 174 cm³/mol. The summed E-state index contributed by atoms with van der Waals surface area (Å²) >= 11 is 0. The number of aromatic nitrogens is 3. The van der Waals surface area contributed by atoms with Crippen LogP contribution in [-0.2, 0) is 15.5 Å². The zero-order valence-corrected chi connectivity index (χ0v) is 25.3. The Balaban J connectivity index is 1.39. The summed E-state index contributed by atoms with van der Waals surface area (Å²) in [5.74, 6) is 1.44. The smallest absolute Gasteiger partial charge is 0.326 e. The highest BCUT2D eigenvalue weighted by atomic mass is 32.2. The van der Waals surface area contributed by atoms with E-state index in [-0.39, 0.29) is 10.9 Å². The Bertz CT molecular complexity index is 2100. The van der Waals surface area contributed by atoms with E-state index in [1.807, 2.05) is 128 Å². The van der Waals surface area contributed by atoms with Gasteiger partial charge in [0.05, 0.1) is 22.0 Å². The van der Waals surface area contributed by atoms with Gasteiger partial charge < -0.3 is 9.64 Å². The second-order valence-electron chi connectivity index (χ2n) is 11.2. The van der Waals surface area contributed by atoms with Gasteiger partial charge in [-0.15, -0.1) is 0 Å². The topological polar surface area (TPSA) is 106 Å². The summed E-state index contributed by atoms with van der Waals surface area (Å²) in [6.45, 7) is 4.08. The van der Waals surface area contributed by atoms with Gasteiger partial charge in [-0.1, -0.05) is 105 Å². The lowest BCUT2D eigenvalue weighted by molar-refractivity contribution is 0.442. The van der Waals surface area contributed by atoms with Gasteiger partial charge in [-0.25, -0.2) is 4.98 Å². The van der Waals surface area contributed by atoms with Gasteiger partial charge in [0, 0.05) is 16.5 Å². The summed E-state index contributed by atoms with van der Waals surface area (Å²) in [5.41, 5.74) is 5.18. The second kappa shape index (κ2) is 11.0. The van der Waals surface area contributed by atoms with Crippen LogP contribution in [0.25, 0.3) is 22.8 Å². The molecule has 8 nitrogen and oxygen atoms in total. The van der Waals surface area contributed by atoms with Crippen molar-refractivity contribution in [2.75, 3.05) is 4.90 Å². The summed E-state index contributed by atoms with van der Waals surface area (Å²) in [6.07, 6.45) is 0. The van der Waals surface area contributed by atoms with Gasteiger partial charge in [0.15, 0.2) is 17.4 Å². The Morgan fingerprint density at radius 2 is 1.16 bits per heavy atom. The number of rotatable bonds is 6. The lowest BCUT2D eigenvalue weighted by Gasteiger charge is -2.42. The number of para-hydroxylation sites is 3. The van der Waals surface area contributed by atoms with Crippen LogP contribution in [0.2, 0.25) is 0 Å². The average Bonchev–Trinajstić information content (AvgIpc) is 3.06. The minimum absolute atomic E-state index is 0.128. The maximum absolute atomic E-state index is 12.1. The molecule has 0 atom stereocenters. The summed E-state index contributed by atoms with van der Waals surface area (Å²) in [4.78, 5) is 16.0. The first kappa shape index (κ1) is 28.4. The molecular weight excluding hydrogens is 584 g/mol. The van der Waals surface area contributed by atoms with E-state index in [0.717, 1.165) is 33.6 Å². The normalized spacial score (nSPS) is 13.5. The van der Waals surface area contributed by atoms with Crippen molar-refractivity contribution >= 4 is 27.2 Å². The van der Waals surface area contributed by atoms with E-state index in [1.165, 1.54) is 6.07 Å². The first-order valence-electron chi connectivity index (χ1n) is 14.4. The van der Waals surface area contributed by atoms with Gasteiger partial charge in [-0.05, 0) is 47.5 Å². The molecule has 0 fully saturated rings. The van der Waals surface area contributed by atoms with Crippen molar-refractivity contribution in [2.24, 2.45) is 0 Å². The van der Waals surface area contributed by atoms with Gasteiger partial charge in [-0.3, -0.25) is 4.55 Å². The third kappa shape index (κ3) is 5.22. The van der Waals surface area contributed by atoms with E-state index in [0.29, 0.717) is 23.1 Å². The lowest BCUT2D eigenvalue weighted by atomic mass is 9.73. The molecule has 222 valence electrons. The van der Waals surface area contributed by atoms with Crippen molar-refractivity contribution in [3.8, 4) is 34.5 Å². The van der Waals surface area contributed by atoms with Crippen molar-refractivity contribution in [1.82, 2.24) is 15.0 Å². The van der Waals surface area contributed by atoms with E-state index in [9.17, 15) is 13.0 Å². The van der Waals surface area contributed by atoms with E-state index in [4.69, 9.17) is 19.7 Å². The van der Waals surface area contributed by atoms with E-state index in [1.54, 1.807) is 12.1 Å². The third-order valence-electron chi connectivity index (χ3n) is 7.98. The number of fused-ring (bicyclic) bond motifs is 2. The summed E-state index contributed by atoms with van der Waals surface area (Å²) in [7, 11) is -4.41. The highest BCUT2D eigenvalue weighted by Crippen LogP contribution is 2.54. The molecular formula is C36H28N4O4S. The molecule has 5 aromatic carbocycles. The molecule has 1 N–H and O–H groups in total. The fourth-order valence-electron chi connectivity index (χ4n) is 5.76. The van der Waals surface area contributed by atoms with Crippen LogP contribution in [-0.4, -0.2) is 27.9 Å². The molecule has 0 bridgehead atoms. The van der Waals surface area contributed by atoms with Crippen molar-refractivity contribution in [3.05, 3.63) is 139 Å². The van der Waals surface area contributed by atoms with Crippen molar-refractivity contribution in [3.63, 3.8) is 0 Å². The molecule has 0 unspecified atom stereocenters. The van der Waals surface area contributed by atoms with E-state index < -0.39 is 15.5 Å². The minimum Gasteiger partial charge on any atom is -0.422 e. The Morgan fingerprint density at radius 3 is 1.78 bits per heavy atom. The Labute approximate surface area is 261 Å². The number of benzene rings is 5. The minimum atomic E-state index is -4.41. The fraction of sp³-hybridized carbons (Fsp3) is 0.0833. The maximum atomic E-state index is 12.1. The zero-order chi connectivity index (χ0) is 31.2. The number of nitrogens with zero attached hydrogens (tertiary/aromatic N) is 4. The number of ether oxygens (including phenoxy) is 1. The Kier molecular flexibility index (Phi) is 6.92. The summed E-state index contributed by atoms with van der Waals surface area (Å²) < 4.78 is 40.7. The first-order chi connectivity index (χ1) is 21.7. The molecule has 0 aliphatic carbocycles. The highest BCUT2D eigenvalue weighted by molar-refractivity contribution is 7.85. The molecule has 1 aliphatic heterocycles. The quantitative estimate of drug-likeness (QED) is 0.187. The molecule has 7 rings (SSSR count). The molecule has 1 aromatic heterocycles. The summed E-state index contributed by atoms with van der Waals surface area (Å²) in [6, 6.07) is 39.7. The van der Waals surface area contributed by atoms with Gasteiger partial charge in [0.1, 0.15) is 0 Å². The van der Waals surface area contributed by atoms with Crippen molar-refractivity contribution < 1.29 is 17.7 Å². The molecule has 0 saturated carbocycles. The zero-order valence-electron chi connectivity index (χ0n) is 24.5. The van der Waals surface area contributed by atoms with E-state index in [2.05, 4.69) is 0 Å². The van der Waals surface area contributed by atoms with Crippen molar-refractivity contribution in [2.45, 2.75) is 24.2 Å². The van der Waals surface area contributed by atoms with Crippen LogP contribution >= 0.6 is 0 Å². The van der Waals surface area contributed by atoms with Crippen molar-refractivity contribution in [1.29, 1.82) is 0 Å². The Hall–Kier alpha value is -5.38. The van der Waals surface area contributed by atoms with Gasteiger partial charge >= 0.3 is 6.01 Å². The van der Waals surface area contributed by atoms with Crippen LogP contribution in [0.15, 0.2) is 132 Å². The van der Waals surface area contributed by atoms with E-state index >= 15 is 0 Å². The number of hydrogen-bond donors (Lipinski definition) is 1. The van der Waals surface area contributed by atoms with Gasteiger partial charge in [-0.2, -0.15) is 18.4 Å². The monoisotopic (exact) mass is 612 g/mol. The molecule has 9 heteroatoms. The molecule has 0 radical (unpaired) electrons. The largest absolute Gasteiger partial charge is 0.422 e. The molecule has 1 aliphatic rings. The molecule has 0 saturated heterocycles. The van der Waals surface area contributed by atoms with Crippen LogP contribution in [0.3, 0.4) is 0 Å². The van der Waals surface area contributed by atoms with Crippen LogP contribution in [0.5, 0.6) is 11.8 Å². The Morgan fingerprint density at radius 1 is 0.622 bits per heavy atom. The molecule has 45 heavy (non-hydrogen) atoms. The van der Waals surface area contributed by atoms with Crippen LogP contribution < -0.4 is 9.64 Å². The predicted octanol–water partition coefficient (Wildman–Crippen LogP) is 8.35. The van der Waals surface area contributed by atoms with Gasteiger partial charge in [0.2, 0.25) is 0 Å².